The lowest BCUT2D eigenvalue weighted by Crippen LogP contribution is -2.24. The minimum absolute atomic E-state index is 0.0475. The predicted molar refractivity (Wildman–Crippen MR) is 91.1 cm³/mol. The van der Waals surface area contributed by atoms with Crippen LogP contribution in [0.2, 0.25) is 0 Å². The van der Waals surface area contributed by atoms with E-state index in [2.05, 4.69) is 5.32 Å². The van der Waals surface area contributed by atoms with E-state index in [1.165, 1.54) is 12.1 Å². The Balaban J connectivity index is 1.92. The monoisotopic (exact) mass is 348 g/mol. The number of rotatable bonds is 6. The average Bonchev–Trinajstić information content (AvgIpc) is 2.53. The molecule has 2 rings (SSSR count). The first kappa shape index (κ1) is 18.0. The van der Waals surface area contributed by atoms with Crippen LogP contribution in [0.1, 0.15) is 16.7 Å². The molecule has 0 heterocycles. The van der Waals surface area contributed by atoms with Gasteiger partial charge in [-0.3, -0.25) is 4.79 Å². The predicted octanol–water partition coefficient (Wildman–Crippen LogP) is 1.51. The van der Waals surface area contributed by atoms with Crippen molar-refractivity contribution in [2.75, 3.05) is 7.11 Å². The van der Waals surface area contributed by atoms with Crippen molar-refractivity contribution in [2.45, 2.75) is 24.8 Å². The van der Waals surface area contributed by atoms with Gasteiger partial charge >= 0.3 is 0 Å². The van der Waals surface area contributed by atoms with Crippen molar-refractivity contribution in [3.05, 3.63) is 59.2 Å². The molecule has 0 fully saturated rings. The molecule has 2 aromatic carbocycles. The van der Waals surface area contributed by atoms with Gasteiger partial charge < -0.3 is 10.1 Å². The Morgan fingerprint density at radius 1 is 1.12 bits per heavy atom. The van der Waals surface area contributed by atoms with Crippen molar-refractivity contribution >= 4 is 15.9 Å². The lowest BCUT2D eigenvalue weighted by molar-refractivity contribution is -0.120. The minimum atomic E-state index is -3.70. The fourth-order valence-electron chi connectivity index (χ4n) is 2.30. The molecule has 1 amide bonds. The van der Waals surface area contributed by atoms with Gasteiger partial charge in [-0.2, -0.15) is 0 Å². The minimum Gasteiger partial charge on any atom is -0.496 e. The van der Waals surface area contributed by atoms with E-state index in [1.807, 2.05) is 25.1 Å². The third kappa shape index (κ3) is 4.81. The largest absolute Gasteiger partial charge is 0.496 e. The van der Waals surface area contributed by atoms with Crippen LogP contribution in [0.15, 0.2) is 47.4 Å². The van der Waals surface area contributed by atoms with Crippen LogP contribution in [-0.4, -0.2) is 21.4 Å². The maximum atomic E-state index is 12.0. The van der Waals surface area contributed by atoms with Crippen molar-refractivity contribution in [3.8, 4) is 5.75 Å². The number of sulfonamides is 1. The highest BCUT2D eigenvalue weighted by Crippen LogP contribution is 2.18. The van der Waals surface area contributed by atoms with Crippen LogP contribution in [0.25, 0.3) is 0 Å². The van der Waals surface area contributed by atoms with Gasteiger partial charge in [0.1, 0.15) is 5.75 Å². The van der Waals surface area contributed by atoms with Crippen LogP contribution in [0.4, 0.5) is 0 Å². The molecule has 0 bridgehead atoms. The molecule has 0 spiro atoms. The Morgan fingerprint density at radius 2 is 1.75 bits per heavy atom. The molecule has 0 aliphatic rings. The SMILES string of the molecule is COc1ccc(CC(=O)NCc2ccc(S(N)(=O)=O)cc2)cc1C. The number of carbonyl (C=O) groups is 1. The molecular formula is C17H20N2O4S. The van der Waals surface area contributed by atoms with Crippen molar-refractivity contribution in [1.82, 2.24) is 5.32 Å². The quantitative estimate of drug-likeness (QED) is 0.826. The normalized spacial score (nSPS) is 11.1. The molecule has 0 atom stereocenters. The van der Waals surface area contributed by atoms with Crippen molar-refractivity contribution in [1.29, 1.82) is 0 Å². The summed E-state index contributed by atoms with van der Waals surface area (Å²) in [6.07, 6.45) is 0.264. The number of carbonyl (C=O) groups excluding carboxylic acids is 1. The molecule has 7 heteroatoms. The van der Waals surface area contributed by atoms with Gasteiger partial charge in [0.25, 0.3) is 0 Å². The van der Waals surface area contributed by atoms with E-state index in [-0.39, 0.29) is 17.2 Å². The number of hydrogen-bond donors (Lipinski definition) is 2. The molecule has 0 saturated heterocycles. The number of nitrogens with one attached hydrogen (secondary N) is 1. The van der Waals surface area contributed by atoms with Gasteiger partial charge in [0, 0.05) is 6.54 Å². The van der Waals surface area contributed by atoms with Crippen molar-refractivity contribution < 1.29 is 17.9 Å². The highest BCUT2D eigenvalue weighted by atomic mass is 32.2. The molecule has 0 aliphatic carbocycles. The zero-order chi connectivity index (χ0) is 17.7. The molecule has 0 radical (unpaired) electrons. The molecule has 128 valence electrons. The van der Waals surface area contributed by atoms with E-state index >= 15 is 0 Å². The van der Waals surface area contributed by atoms with E-state index in [4.69, 9.17) is 9.88 Å². The summed E-state index contributed by atoms with van der Waals surface area (Å²) in [6.45, 7) is 2.24. The Morgan fingerprint density at radius 3 is 2.29 bits per heavy atom. The lowest BCUT2D eigenvalue weighted by atomic mass is 10.1. The molecule has 3 N–H and O–H groups in total. The summed E-state index contributed by atoms with van der Waals surface area (Å²) in [7, 11) is -2.09. The molecule has 24 heavy (non-hydrogen) atoms. The maximum Gasteiger partial charge on any atom is 0.238 e. The van der Waals surface area contributed by atoms with E-state index in [0.717, 1.165) is 22.4 Å². The first-order valence-corrected chi connectivity index (χ1v) is 8.86. The third-order valence-electron chi connectivity index (χ3n) is 3.57. The molecule has 0 saturated carbocycles. The zero-order valence-electron chi connectivity index (χ0n) is 13.6. The highest BCUT2D eigenvalue weighted by molar-refractivity contribution is 7.89. The summed E-state index contributed by atoms with van der Waals surface area (Å²) in [4.78, 5) is 12.1. The number of aryl methyl sites for hydroxylation is 1. The van der Waals surface area contributed by atoms with Gasteiger partial charge in [-0.15, -0.1) is 0 Å². The number of hydrogen-bond acceptors (Lipinski definition) is 4. The molecule has 2 aromatic rings. The second-order valence-electron chi connectivity index (χ2n) is 5.45. The smallest absolute Gasteiger partial charge is 0.238 e. The van der Waals surface area contributed by atoms with E-state index in [1.54, 1.807) is 19.2 Å². The van der Waals surface area contributed by atoms with Crippen LogP contribution in [0.5, 0.6) is 5.75 Å². The van der Waals surface area contributed by atoms with E-state index in [0.29, 0.717) is 6.54 Å². The number of benzene rings is 2. The summed E-state index contributed by atoms with van der Waals surface area (Å²) >= 11 is 0. The average molecular weight is 348 g/mol. The zero-order valence-corrected chi connectivity index (χ0v) is 14.4. The fraction of sp³-hybridized carbons (Fsp3) is 0.235. The molecule has 6 nitrogen and oxygen atoms in total. The molecule has 0 aromatic heterocycles. The van der Waals surface area contributed by atoms with Crippen LogP contribution >= 0.6 is 0 Å². The summed E-state index contributed by atoms with van der Waals surface area (Å²) in [5.41, 5.74) is 2.67. The van der Waals surface area contributed by atoms with Crippen molar-refractivity contribution in [3.63, 3.8) is 0 Å². The Bertz CT molecular complexity index is 830. The van der Waals surface area contributed by atoms with Crippen LogP contribution in [-0.2, 0) is 27.8 Å². The Labute approximate surface area is 141 Å². The summed E-state index contributed by atoms with van der Waals surface area (Å²) in [5.74, 6) is 0.671. The Hall–Kier alpha value is -2.38. The highest BCUT2D eigenvalue weighted by Gasteiger charge is 2.08. The lowest BCUT2D eigenvalue weighted by Gasteiger charge is -2.09. The van der Waals surface area contributed by atoms with E-state index in [9.17, 15) is 13.2 Å². The first-order chi connectivity index (χ1) is 11.3. The molecule has 0 aliphatic heterocycles. The molecular weight excluding hydrogens is 328 g/mol. The number of primary sulfonamides is 1. The van der Waals surface area contributed by atoms with Crippen LogP contribution < -0.4 is 15.2 Å². The van der Waals surface area contributed by atoms with Gasteiger partial charge in [0.05, 0.1) is 18.4 Å². The second-order valence-corrected chi connectivity index (χ2v) is 7.01. The van der Waals surface area contributed by atoms with E-state index < -0.39 is 10.0 Å². The standard InChI is InChI=1S/C17H20N2O4S/c1-12-9-14(5-8-16(12)23-2)10-17(20)19-11-13-3-6-15(7-4-13)24(18,21)22/h3-9H,10-11H2,1-2H3,(H,19,20)(H2,18,21,22). The number of ether oxygens (including phenoxy) is 1. The maximum absolute atomic E-state index is 12.0. The fourth-order valence-corrected chi connectivity index (χ4v) is 2.81. The van der Waals surface area contributed by atoms with Crippen LogP contribution in [0.3, 0.4) is 0 Å². The van der Waals surface area contributed by atoms with Gasteiger partial charge in [0.2, 0.25) is 15.9 Å². The van der Waals surface area contributed by atoms with Crippen LogP contribution in [0, 0.1) is 6.92 Å². The van der Waals surface area contributed by atoms with Gasteiger partial charge in [0.15, 0.2) is 0 Å². The third-order valence-corrected chi connectivity index (χ3v) is 4.49. The summed E-state index contributed by atoms with van der Waals surface area (Å²) in [6, 6.07) is 11.7. The van der Waals surface area contributed by atoms with Gasteiger partial charge in [-0.25, -0.2) is 13.6 Å². The first-order valence-electron chi connectivity index (χ1n) is 7.31. The molecule has 0 unspecified atom stereocenters. The van der Waals surface area contributed by atoms with Gasteiger partial charge in [-0.1, -0.05) is 24.3 Å². The number of nitrogens with two attached hydrogens (primary N) is 1. The second kappa shape index (κ2) is 7.46. The topological polar surface area (TPSA) is 98.5 Å². The van der Waals surface area contributed by atoms with Crippen molar-refractivity contribution in [2.24, 2.45) is 5.14 Å². The summed E-state index contributed by atoms with van der Waals surface area (Å²) < 4.78 is 27.6. The van der Waals surface area contributed by atoms with Gasteiger partial charge in [-0.05, 0) is 41.8 Å². The number of methoxy groups -OCH3 is 1. The number of amides is 1. The summed E-state index contributed by atoms with van der Waals surface area (Å²) in [5, 5.41) is 7.84. The Kier molecular flexibility index (Phi) is 5.58.